The van der Waals surface area contributed by atoms with Gasteiger partial charge < -0.3 is 9.84 Å². The van der Waals surface area contributed by atoms with E-state index in [1.165, 1.54) is 16.7 Å². The number of hydrogen-bond donors (Lipinski definition) is 1. The normalized spacial score (nSPS) is 14.4. The lowest BCUT2D eigenvalue weighted by molar-refractivity contribution is -0.119. The van der Waals surface area contributed by atoms with Gasteiger partial charge in [0.25, 0.3) is 11.8 Å². The molecule has 2 amide bonds. The molecular formula is C22H23NO4S. The van der Waals surface area contributed by atoms with Crippen molar-refractivity contribution in [3.8, 4) is 5.75 Å². The largest absolute Gasteiger partial charge is 0.493 e. The van der Waals surface area contributed by atoms with Gasteiger partial charge in [0.1, 0.15) is 5.75 Å². The van der Waals surface area contributed by atoms with Gasteiger partial charge >= 0.3 is 0 Å². The predicted molar refractivity (Wildman–Crippen MR) is 112 cm³/mol. The number of rotatable bonds is 8. The first-order valence-electron chi connectivity index (χ1n) is 9.18. The number of amides is 2. The summed E-state index contributed by atoms with van der Waals surface area (Å²) in [7, 11) is 0. The third kappa shape index (κ3) is 4.29. The molecule has 5 nitrogen and oxygen atoms in total. The van der Waals surface area contributed by atoms with Gasteiger partial charge in [0.05, 0.1) is 29.4 Å². The highest BCUT2D eigenvalue weighted by Gasteiger charge is 2.40. The van der Waals surface area contributed by atoms with E-state index in [2.05, 4.69) is 13.8 Å². The SMILES string of the molecule is CC(C)COc1ccc(C2=C(SCCO)C(=O)N(c3ccccc3)C2=O)cc1. The fourth-order valence-electron chi connectivity index (χ4n) is 2.84. The van der Waals surface area contributed by atoms with Crippen molar-refractivity contribution in [2.45, 2.75) is 13.8 Å². The summed E-state index contributed by atoms with van der Waals surface area (Å²) in [4.78, 5) is 27.7. The van der Waals surface area contributed by atoms with E-state index in [0.717, 1.165) is 5.75 Å². The van der Waals surface area contributed by atoms with Crippen molar-refractivity contribution in [1.29, 1.82) is 0 Å². The summed E-state index contributed by atoms with van der Waals surface area (Å²) < 4.78 is 5.70. The number of hydrogen-bond acceptors (Lipinski definition) is 5. The Hall–Kier alpha value is -2.57. The van der Waals surface area contributed by atoms with E-state index in [-0.39, 0.29) is 18.4 Å². The van der Waals surface area contributed by atoms with Crippen LogP contribution in [0.15, 0.2) is 59.5 Å². The minimum absolute atomic E-state index is 0.0732. The highest BCUT2D eigenvalue weighted by molar-refractivity contribution is 8.04. The van der Waals surface area contributed by atoms with Crippen LogP contribution in [0.4, 0.5) is 5.69 Å². The smallest absolute Gasteiger partial charge is 0.272 e. The number of nitrogens with zero attached hydrogens (tertiary/aromatic N) is 1. The fourth-order valence-corrected chi connectivity index (χ4v) is 3.70. The first-order chi connectivity index (χ1) is 13.5. The Kier molecular flexibility index (Phi) is 6.54. The molecule has 28 heavy (non-hydrogen) atoms. The number of anilines is 1. The Bertz CT molecular complexity index is 875. The van der Waals surface area contributed by atoms with Crippen molar-refractivity contribution >= 4 is 34.8 Å². The molecule has 0 fully saturated rings. The Morgan fingerprint density at radius 1 is 1.00 bits per heavy atom. The molecule has 3 rings (SSSR count). The number of benzene rings is 2. The number of carbonyl (C=O) groups is 2. The Morgan fingerprint density at radius 3 is 2.29 bits per heavy atom. The minimum Gasteiger partial charge on any atom is -0.493 e. The number of ether oxygens (including phenoxy) is 1. The zero-order valence-electron chi connectivity index (χ0n) is 15.9. The maximum absolute atomic E-state index is 13.1. The molecule has 1 heterocycles. The van der Waals surface area contributed by atoms with Crippen LogP contribution in [0.1, 0.15) is 19.4 Å². The molecule has 2 aromatic carbocycles. The fraction of sp³-hybridized carbons (Fsp3) is 0.273. The van der Waals surface area contributed by atoms with Crippen LogP contribution in [-0.4, -0.2) is 35.9 Å². The monoisotopic (exact) mass is 397 g/mol. The van der Waals surface area contributed by atoms with E-state index >= 15 is 0 Å². The molecule has 0 atom stereocenters. The Morgan fingerprint density at radius 2 is 1.68 bits per heavy atom. The second-order valence-corrected chi connectivity index (χ2v) is 7.89. The zero-order chi connectivity index (χ0) is 20.1. The number of aliphatic hydroxyl groups excluding tert-OH is 1. The van der Waals surface area contributed by atoms with Crippen LogP contribution in [0.25, 0.3) is 5.57 Å². The van der Waals surface area contributed by atoms with Gasteiger partial charge in [-0.3, -0.25) is 9.59 Å². The lowest BCUT2D eigenvalue weighted by Gasteiger charge is -2.15. The van der Waals surface area contributed by atoms with Crippen LogP contribution in [0.5, 0.6) is 5.75 Å². The zero-order valence-corrected chi connectivity index (χ0v) is 16.7. The van der Waals surface area contributed by atoms with Crippen molar-refractivity contribution in [2.75, 3.05) is 23.9 Å². The molecule has 1 aliphatic rings. The Labute approximate surface area is 169 Å². The van der Waals surface area contributed by atoms with Gasteiger partial charge in [0.2, 0.25) is 0 Å². The predicted octanol–water partition coefficient (Wildman–Crippen LogP) is 3.73. The average Bonchev–Trinajstić information content (AvgIpc) is 2.95. The van der Waals surface area contributed by atoms with Gasteiger partial charge in [-0.25, -0.2) is 4.90 Å². The van der Waals surface area contributed by atoms with E-state index in [1.807, 2.05) is 18.2 Å². The minimum atomic E-state index is -0.357. The third-order valence-corrected chi connectivity index (χ3v) is 5.17. The molecule has 0 aliphatic carbocycles. The summed E-state index contributed by atoms with van der Waals surface area (Å²) in [6, 6.07) is 16.1. The molecule has 0 spiro atoms. The maximum Gasteiger partial charge on any atom is 0.272 e. The molecular weight excluding hydrogens is 374 g/mol. The molecule has 1 N–H and O–H groups in total. The van der Waals surface area contributed by atoms with Gasteiger partial charge in [-0.05, 0) is 35.7 Å². The Balaban J connectivity index is 1.94. The number of imide groups is 1. The number of carbonyl (C=O) groups excluding carboxylic acids is 2. The van der Waals surface area contributed by atoms with Crippen LogP contribution in [-0.2, 0) is 9.59 Å². The molecule has 6 heteroatoms. The lowest BCUT2D eigenvalue weighted by atomic mass is 10.1. The molecule has 0 aromatic heterocycles. The van der Waals surface area contributed by atoms with Crippen molar-refractivity contribution in [2.24, 2.45) is 5.92 Å². The number of para-hydroxylation sites is 1. The van der Waals surface area contributed by atoms with E-state index in [9.17, 15) is 14.7 Å². The second kappa shape index (κ2) is 9.08. The molecule has 2 aromatic rings. The highest BCUT2D eigenvalue weighted by atomic mass is 32.2. The van der Waals surface area contributed by atoms with Gasteiger partial charge in [0, 0.05) is 5.75 Å². The van der Waals surface area contributed by atoms with Gasteiger partial charge in [0.15, 0.2) is 0 Å². The first kappa shape index (κ1) is 20.2. The first-order valence-corrected chi connectivity index (χ1v) is 10.2. The van der Waals surface area contributed by atoms with Crippen LogP contribution < -0.4 is 9.64 Å². The van der Waals surface area contributed by atoms with Crippen molar-refractivity contribution in [3.05, 3.63) is 65.1 Å². The lowest BCUT2D eigenvalue weighted by Crippen LogP contribution is -2.31. The van der Waals surface area contributed by atoms with Crippen molar-refractivity contribution in [3.63, 3.8) is 0 Å². The number of thioether (sulfide) groups is 1. The van der Waals surface area contributed by atoms with Crippen molar-refractivity contribution in [1.82, 2.24) is 0 Å². The summed E-state index contributed by atoms with van der Waals surface area (Å²) in [6.45, 7) is 4.69. The summed E-state index contributed by atoms with van der Waals surface area (Å²) in [5, 5.41) is 9.19. The van der Waals surface area contributed by atoms with Gasteiger partial charge in [-0.15, -0.1) is 11.8 Å². The second-order valence-electron chi connectivity index (χ2n) is 6.79. The van der Waals surface area contributed by atoms with Crippen molar-refractivity contribution < 1.29 is 19.4 Å². The molecule has 0 radical (unpaired) electrons. The van der Waals surface area contributed by atoms with Crippen LogP contribution in [0.3, 0.4) is 0 Å². The summed E-state index contributed by atoms with van der Waals surface area (Å²) in [6.07, 6.45) is 0. The highest BCUT2D eigenvalue weighted by Crippen LogP contribution is 2.38. The maximum atomic E-state index is 13.1. The molecule has 0 saturated heterocycles. The quantitative estimate of drug-likeness (QED) is 0.688. The topological polar surface area (TPSA) is 66.8 Å². The summed E-state index contributed by atoms with van der Waals surface area (Å²) >= 11 is 1.20. The van der Waals surface area contributed by atoms with Gasteiger partial charge in [-0.2, -0.15) is 0 Å². The summed E-state index contributed by atoms with van der Waals surface area (Å²) in [5.41, 5.74) is 1.56. The van der Waals surface area contributed by atoms with Gasteiger partial charge in [-0.1, -0.05) is 44.2 Å². The van der Waals surface area contributed by atoms with Crippen LogP contribution >= 0.6 is 11.8 Å². The average molecular weight is 397 g/mol. The molecule has 0 unspecified atom stereocenters. The standard InChI is InChI=1S/C22H23NO4S/c1-15(2)14-27-18-10-8-16(9-11-18)19-20(28-13-12-24)22(26)23(21(19)25)17-6-4-3-5-7-17/h3-11,15,24H,12-14H2,1-2H3. The third-order valence-electron chi connectivity index (χ3n) is 4.12. The van der Waals surface area contributed by atoms with E-state index in [1.54, 1.807) is 36.4 Å². The van der Waals surface area contributed by atoms with Crippen LogP contribution in [0, 0.1) is 5.92 Å². The van der Waals surface area contributed by atoms with E-state index in [4.69, 9.17) is 4.74 Å². The molecule has 1 aliphatic heterocycles. The number of aliphatic hydroxyl groups is 1. The van der Waals surface area contributed by atoms with Crippen LogP contribution in [0.2, 0.25) is 0 Å². The molecule has 0 saturated carbocycles. The molecule has 0 bridgehead atoms. The van der Waals surface area contributed by atoms with E-state index < -0.39 is 0 Å². The molecule has 146 valence electrons. The van der Waals surface area contributed by atoms with E-state index in [0.29, 0.717) is 40.0 Å². The summed E-state index contributed by atoms with van der Waals surface area (Å²) in [5.74, 6) is 0.768.